The molecule has 0 aliphatic carbocycles. The van der Waals surface area contributed by atoms with Gasteiger partial charge in [-0.25, -0.2) is 0 Å². The number of phenolic OH excluding ortho intramolecular Hbond substituents is 2. The van der Waals surface area contributed by atoms with Crippen LogP contribution in [0.3, 0.4) is 0 Å². The molecule has 2 aliphatic rings. The van der Waals surface area contributed by atoms with E-state index in [0.29, 0.717) is 0 Å². The predicted molar refractivity (Wildman–Crippen MR) is 163 cm³/mol. The SMILES string of the molecule is Cc1cc2c(cc1N=Nc1c(C)cc(O)cc1C)N1Cc3cc(C)c(N=Nc4c(C)cc(O)cc4C)cc3N(C2)C1. The summed E-state index contributed by atoms with van der Waals surface area (Å²) in [5, 5.41) is 38.2. The highest BCUT2D eigenvalue weighted by Gasteiger charge is 2.30. The number of benzene rings is 4. The fourth-order valence-electron chi connectivity index (χ4n) is 5.98. The zero-order chi connectivity index (χ0) is 29.0. The Bertz CT molecular complexity index is 1600. The lowest BCUT2D eigenvalue weighted by Crippen LogP contribution is -2.46. The molecule has 4 aromatic carbocycles. The molecule has 0 atom stereocenters. The van der Waals surface area contributed by atoms with Gasteiger partial charge >= 0.3 is 0 Å². The third-order valence-corrected chi connectivity index (χ3v) is 8.01. The lowest BCUT2D eigenvalue weighted by molar-refractivity contribution is 0.474. The van der Waals surface area contributed by atoms with Crippen molar-refractivity contribution in [3.8, 4) is 11.5 Å². The van der Waals surface area contributed by atoms with Crippen LogP contribution in [-0.4, -0.2) is 16.9 Å². The van der Waals surface area contributed by atoms with Crippen molar-refractivity contribution in [1.29, 1.82) is 0 Å². The van der Waals surface area contributed by atoms with E-state index in [-0.39, 0.29) is 11.5 Å². The van der Waals surface area contributed by atoms with Crippen molar-refractivity contribution in [2.24, 2.45) is 20.5 Å². The van der Waals surface area contributed by atoms with E-state index in [1.54, 1.807) is 24.3 Å². The Morgan fingerprint density at radius 1 is 0.488 bits per heavy atom. The van der Waals surface area contributed by atoms with Gasteiger partial charge in [0.05, 0.1) is 29.4 Å². The molecular formula is C33H34N6O2. The van der Waals surface area contributed by atoms with E-state index in [1.165, 1.54) is 22.5 Å². The van der Waals surface area contributed by atoms with Gasteiger partial charge in [0, 0.05) is 24.5 Å². The highest BCUT2D eigenvalue weighted by molar-refractivity contribution is 5.74. The Labute approximate surface area is 240 Å². The van der Waals surface area contributed by atoms with Crippen LogP contribution in [0.2, 0.25) is 0 Å². The van der Waals surface area contributed by atoms with Crippen LogP contribution in [0.25, 0.3) is 0 Å². The van der Waals surface area contributed by atoms with Crippen LogP contribution in [0.15, 0.2) is 69.0 Å². The smallest absolute Gasteiger partial charge is 0.116 e. The van der Waals surface area contributed by atoms with Gasteiger partial charge in [0.25, 0.3) is 0 Å². The summed E-state index contributed by atoms with van der Waals surface area (Å²) in [7, 11) is 0. The number of aromatic hydroxyl groups is 2. The van der Waals surface area contributed by atoms with Crippen LogP contribution in [0.4, 0.5) is 34.1 Å². The summed E-state index contributed by atoms with van der Waals surface area (Å²) in [4.78, 5) is 4.78. The highest BCUT2D eigenvalue weighted by atomic mass is 16.3. The van der Waals surface area contributed by atoms with Crippen molar-refractivity contribution < 1.29 is 10.2 Å². The molecule has 2 bridgehead atoms. The predicted octanol–water partition coefficient (Wildman–Crippen LogP) is 9.08. The minimum atomic E-state index is 0.242. The summed E-state index contributed by atoms with van der Waals surface area (Å²) >= 11 is 0. The van der Waals surface area contributed by atoms with Gasteiger partial charge in [0.15, 0.2) is 0 Å². The molecule has 0 fully saturated rings. The molecule has 41 heavy (non-hydrogen) atoms. The molecule has 4 aromatic rings. The van der Waals surface area contributed by atoms with E-state index in [2.05, 4.69) is 68.4 Å². The molecule has 8 heteroatoms. The first-order valence-corrected chi connectivity index (χ1v) is 13.8. The number of azo groups is 2. The Balaban J connectivity index is 1.30. The molecule has 0 spiro atoms. The van der Waals surface area contributed by atoms with Gasteiger partial charge in [-0.2, -0.15) is 10.2 Å². The van der Waals surface area contributed by atoms with E-state index < -0.39 is 0 Å². The van der Waals surface area contributed by atoms with E-state index in [4.69, 9.17) is 0 Å². The van der Waals surface area contributed by atoms with Crippen molar-refractivity contribution in [2.75, 3.05) is 16.5 Å². The summed E-state index contributed by atoms with van der Waals surface area (Å²) in [6, 6.07) is 15.6. The van der Waals surface area contributed by atoms with E-state index in [1.807, 2.05) is 27.7 Å². The Kier molecular flexibility index (Phi) is 6.49. The van der Waals surface area contributed by atoms with Gasteiger partial charge in [-0.05, 0) is 122 Å². The molecule has 2 aliphatic heterocycles. The molecule has 0 saturated carbocycles. The second-order valence-corrected chi connectivity index (χ2v) is 11.3. The second-order valence-electron chi connectivity index (χ2n) is 11.3. The zero-order valence-electron chi connectivity index (χ0n) is 24.3. The van der Waals surface area contributed by atoms with Crippen molar-refractivity contribution in [2.45, 2.75) is 54.6 Å². The maximum Gasteiger partial charge on any atom is 0.116 e. The number of phenols is 2. The lowest BCUT2D eigenvalue weighted by Gasteiger charge is -2.45. The number of hydrogen-bond acceptors (Lipinski definition) is 8. The Morgan fingerprint density at radius 3 is 1.22 bits per heavy atom. The minimum absolute atomic E-state index is 0.242. The minimum Gasteiger partial charge on any atom is -0.508 e. The number of rotatable bonds is 4. The third-order valence-electron chi connectivity index (χ3n) is 8.01. The van der Waals surface area contributed by atoms with E-state index in [0.717, 1.165) is 75.9 Å². The van der Waals surface area contributed by atoms with Crippen LogP contribution in [0.1, 0.15) is 44.5 Å². The number of aryl methyl sites for hydroxylation is 6. The maximum absolute atomic E-state index is 9.87. The van der Waals surface area contributed by atoms with Gasteiger partial charge in [-0.1, -0.05) is 12.1 Å². The average Bonchev–Trinajstić information content (AvgIpc) is 2.88. The van der Waals surface area contributed by atoms with Gasteiger partial charge in [-0.3, -0.25) is 0 Å². The molecule has 8 nitrogen and oxygen atoms in total. The number of anilines is 2. The van der Waals surface area contributed by atoms with Crippen LogP contribution in [-0.2, 0) is 13.1 Å². The molecule has 2 N–H and O–H groups in total. The Morgan fingerprint density at radius 2 is 0.854 bits per heavy atom. The van der Waals surface area contributed by atoms with Crippen molar-refractivity contribution in [3.05, 3.63) is 93.0 Å². The van der Waals surface area contributed by atoms with Gasteiger partial charge in [0.2, 0.25) is 0 Å². The molecule has 0 amide bonds. The largest absolute Gasteiger partial charge is 0.508 e. The monoisotopic (exact) mass is 546 g/mol. The lowest BCUT2D eigenvalue weighted by atomic mass is 9.98. The van der Waals surface area contributed by atoms with Gasteiger partial charge < -0.3 is 20.0 Å². The summed E-state index contributed by atoms with van der Waals surface area (Å²) in [5.41, 5.74) is 13.9. The van der Waals surface area contributed by atoms with Crippen LogP contribution >= 0.6 is 0 Å². The summed E-state index contributed by atoms with van der Waals surface area (Å²) in [6.07, 6.45) is 0. The first kappa shape index (κ1) is 26.5. The average molecular weight is 547 g/mol. The zero-order valence-corrected chi connectivity index (χ0v) is 24.3. The molecule has 0 radical (unpaired) electrons. The molecule has 6 rings (SSSR count). The van der Waals surface area contributed by atoms with Gasteiger partial charge in [-0.15, -0.1) is 10.2 Å². The topological polar surface area (TPSA) is 96.4 Å². The van der Waals surface area contributed by atoms with Crippen LogP contribution < -0.4 is 9.80 Å². The second kappa shape index (κ2) is 10.0. The summed E-state index contributed by atoms with van der Waals surface area (Å²) < 4.78 is 0. The van der Waals surface area contributed by atoms with E-state index >= 15 is 0 Å². The maximum atomic E-state index is 9.87. The fourth-order valence-corrected chi connectivity index (χ4v) is 5.98. The van der Waals surface area contributed by atoms with Crippen LogP contribution in [0.5, 0.6) is 11.5 Å². The number of fused-ring (bicyclic) bond motifs is 6. The molecule has 208 valence electrons. The molecular weight excluding hydrogens is 512 g/mol. The van der Waals surface area contributed by atoms with Crippen molar-refractivity contribution >= 4 is 34.1 Å². The summed E-state index contributed by atoms with van der Waals surface area (Å²) in [5.74, 6) is 0.485. The van der Waals surface area contributed by atoms with Crippen LogP contribution in [0, 0.1) is 41.5 Å². The highest BCUT2D eigenvalue weighted by Crippen LogP contribution is 2.43. The molecule has 0 saturated heterocycles. The summed E-state index contributed by atoms with van der Waals surface area (Å²) in [6.45, 7) is 14.3. The standard InChI is InChI=1S/C33H34N6O2/c1-18-7-24-15-38-17-39(30(24)13-28(18)34-36-32-20(3)9-26(40)10-21(32)4)16-25-8-19(2)29(14-31(25)38)35-37-33-22(5)11-27(41)12-23(33)6/h7-14,40-41H,15-17H2,1-6H3. The first-order valence-electron chi connectivity index (χ1n) is 13.8. The van der Waals surface area contributed by atoms with Crippen molar-refractivity contribution in [3.63, 3.8) is 0 Å². The first-order chi connectivity index (χ1) is 19.6. The van der Waals surface area contributed by atoms with Crippen molar-refractivity contribution in [1.82, 2.24) is 0 Å². The third kappa shape index (κ3) is 4.90. The normalized spacial score (nSPS) is 14.2. The molecule has 0 aromatic heterocycles. The van der Waals surface area contributed by atoms with E-state index in [9.17, 15) is 10.2 Å². The fraction of sp³-hybridized carbons (Fsp3) is 0.273. The van der Waals surface area contributed by atoms with Gasteiger partial charge in [0.1, 0.15) is 11.5 Å². The number of hydrogen-bond donors (Lipinski definition) is 2. The molecule has 2 heterocycles. The molecule has 0 unspecified atom stereocenters. The number of nitrogens with zero attached hydrogens (tertiary/aromatic N) is 6. The Hall–Kier alpha value is -4.72. The quantitative estimate of drug-likeness (QED) is 0.250.